The van der Waals surface area contributed by atoms with E-state index in [-0.39, 0.29) is 35.0 Å². The number of nitro groups is 1. The molecule has 1 heterocycles. The zero-order valence-electron chi connectivity index (χ0n) is 15.6. The molecule has 2 N–H and O–H groups in total. The number of nitro benzene ring substituents is 1. The SMILES string of the molecule is C=CCNS(=O)(=O)c1ccc2c(c1)C1C=CCC1C(c1ccc([N+](=O)[O-])cc1)N2. The third-order valence-electron chi connectivity index (χ3n) is 5.53. The minimum Gasteiger partial charge on any atom is -0.378 e. The predicted octanol–water partition coefficient (Wildman–Crippen LogP) is 3.89. The molecule has 0 spiro atoms. The molecule has 0 aromatic heterocycles. The molecule has 0 bridgehead atoms. The van der Waals surface area contributed by atoms with Gasteiger partial charge in [-0.15, -0.1) is 6.58 Å². The highest BCUT2D eigenvalue weighted by atomic mass is 32.2. The number of rotatable bonds is 6. The van der Waals surface area contributed by atoms with Gasteiger partial charge in [-0.1, -0.05) is 30.4 Å². The van der Waals surface area contributed by atoms with Gasteiger partial charge >= 0.3 is 0 Å². The molecular formula is C21H21N3O4S. The number of anilines is 1. The largest absolute Gasteiger partial charge is 0.378 e. The third kappa shape index (κ3) is 3.56. The highest BCUT2D eigenvalue weighted by molar-refractivity contribution is 7.89. The minimum absolute atomic E-state index is 0.00958. The lowest BCUT2D eigenvalue weighted by atomic mass is 9.77. The number of benzene rings is 2. The average Bonchev–Trinajstić information content (AvgIpc) is 3.21. The van der Waals surface area contributed by atoms with Crippen molar-refractivity contribution in [3.05, 3.63) is 88.5 Å². The van der Waals surface area contributed by atoms with E-state index in [0.717, 1.165) is 23.2 Å². The van der Waals surface area contributed by atoms with Crippen LogP contribution in [0.1, 0.15) is 29.5 Å². The first-order valence-electron chi connectivity index (χ1n) is 9.33. The lowest BCUT2D eigenvalue weighted by Gasteiger charge is -2.37. The summed E-state index contributed by atoms with van der Waals surface area (Å²) in [5.41, 5.74) is 2.87. The van der Waals surface area contributed by atoms with E-state index in [1.165, 1.54) is 18.2 Å². The van der Waals surface area contributed by atoms with Crippen LogP contribution in [0.2, 0.25) is 0 Å². The van der Waals surface area contributed by atoms with Crippen LogP contribution in [0, 0.1) is 16.0 Å². The van der Waals surface area contributed by atoms with Crippen LogP contribution >= 0.6 is 0 Å². The van der Waals surface area contributed by atoms with Crippen molar-refractivity contribution < 1.29 is 13.3 Å². The standard InChI is InChI=1S/C21H21N3O4S/c1-2-12-22-29(27,28)16-10-11-20-19(13-16)17-4-3-5-18(17)21(23-20)14-6-8-15(9-7-14)24(25)26/h2-4,6-11,13,17-18,21-23H,1,5,12H2. The molecule has 3 atom stereocenters. The fraction of sp³-hybridized carbons (Fsp3) is 0.238. The lowest BCUT2D eigenvalue weighted by Crippen LogP contribution is -2.30. The highest BCUT2D eigenvalue weighted by Gasteiger charge is 2.38. The molecule has 0 saturated carbocycles. The number of hydrogen-bond donors (Lipinski definition) is 2. The Kier molecular flexibility index (Phi) is 4.97. The molecule has 1 aliphatic heterocycles. The van der Waals surface area contributed by atoms with Crippen molar-refractivity contribution in [2.75, 3.05) is 11.9 Å². The second-order valence-corrected chi connectivity index (χ2v) is 8.98. The van der Waals surface area contributed by atoms with Gasteiger partial charge in [0.1, 0.15) is 0 Å². The van der Waals surface area contributed by atoms with Crippen molar-refractivity contribution in [1.82, 2.24) is 4.72 Å². The number of sulfonamides is 1. The fourth-order valence-electron chi connectivity index (χ4n) is 4.12. The molecule has 4 rings (SSSR count). The smallest absolute Gasteiger partial charge is 0.269 e. The summed E-state index contributed by atoms with van der Waals surface area (Å²) >= 11 is 0. The van der Waals surface area contributed by atoms with Gasteiger partial charge in [0.2, 0.25) is 10.0 Å². The summed E-state index contributed by atoms with van der Waals surface area (Å²) in [6.45, 7) is 3.71. The predicted molar refractivity (Wildman–Crippen MR) is 111 cm³/mol. The molecule has 1 aliphatic carbocycles. The van der Waals surface area contributed by atoms with Gasteiger partial charge in [-0.3, -0.25) is 10.1 Å². The highest BCUT2D eigenvalue weighted by Crippen LogP contribution is 2.50. The first-order valence-corrected chi connectivity index (χ1v) is 10.8. The second kappa shape index (κ2) is 7.46. The molecule has 0 amide bonds. The summed E-state index contributed by atoms with van der Waals surface area (Å²) in [6.07, 6.45) is 6.59. The molecule has 7 nitrogen and oxygen atoms in total. The van der Waals surface area contributed by atoms with E-state index in [1.54, 1.807) is 30.3 Å². The van der Waals surface area contributed by atoms with E-state index in [1.807, 2.05) is 0 Å². The Morgan fingerprint density at radius 2 is 2.00 bits per heavy atom. The number of nitrogens with one attached hydrogen (secondary N) is 2. The maximum absolute atomic E-state index is 12.5. The Morgan fingerprint density at radius 3 is 2.69 bits per heavy atom. The van der Waals surface area contributed by atoms with Crippen LogP contribution < -0.4 is 10.0 Å². The maximum Gasteiger partial charge on any atom is 0.269 e. The fourth-order valence-corrected chi connectivity index (χ4v) is 5.16. The first-order chi connectivity index (χ1) is 13.9. The van der Waals surface area contributed by atoms with Gasteiger partial charge in [0.05, 0.1) is 15.9 Å². The summed E-state index contributed by atoms with van der Waals surface area (Å²) in [5, 5.41) is 14.4. The minimum atomic E-state index is -3.60. The van der Waals surface area contributed by atoms with E-state index in [9.17, 15) is 18.5 Å². The van der Waals surface area contributed by atoms with Crippen LogP contribution in [0.15, 0.2) is 72.2 Å². The van der Waals surface area contributed by atoms with E-state index < -0.39 is 14.9 Å². The van der Waals surface area contributed by atoms with Gasteiger partial charge in [0.15, 0.2) is 0 Å². The number of nitrogens with zero attached hydrogens (tertiary/aromatic N) is 1. The molecular weight excluding hydrogens is 390 g/mol. The van der Waals surface area contributed by atoms with E-state index in [2.05, 4.69) is 28.8 Å². The summed E-state index contributed by atoms with van der Waals surface area (Å²) in [6, 6.07) is 11.7. The zero-order valence-corrected chi connectivity index (χ0v) is 16.4. The van der Waals surface area contributed by atoms with E-state index in [0.29, 0.717) is 0 Å². The van der Waals surface area contributed by atoms with Crippen molar-refractivity contribution >= 4 is 21.4 Å². The molecule has 0 saturated heterocycles. The van der Waals surface area contributed by atoms with Crippen LogP contribution in [0.5, 0.6) is 0 Å². The van der Waals surface area contributed by atoms with Gasteiger partial charge < -0.3 is 5.32 Å². The lowest BCUT2D eigenvalue weighted by molar-refractivity contribution is -0.384. The van der Waals surface area contributed by atoms with Crippen molar-refractivity contribution in [3.8, 4) is 0 Å². The molecule has 3 unspecified atom stereocenters. The van der Waals surface area contributed by atoms with E-state index in [4.69, 9.17) is 0 Å². The number of non-ortho nitro benzene ring substituents is 1. The summed E-state index contributed by atoms with van der Waals surface area (Å²) in [7, 11) is -3.60. The molecule has 8 heteroatoms. The number of fused-ring (bicyclic) bond motifs is 3. The zero-order chi connectivity index (χ0) is 20.6. The van der Waals surface area contributed by atoms with Crippen molar-refractivity contribution in [3.63, 3.8) is 0 Å². The maximum atomic E-state index is 12.5. The monoisotopic (exact) mass is 411 g/mol. The Balaban J connectivity index is 1.69. The number of allylic oxidation sites excluding steroid dienone is 2. The molecule has 2 aromatic rings. The van der Waals surface area contributed by atoms with Gasteiger partial charge in [-0.2, -0.15) is 0 Å². The van der Waals surface area contributed by atoms with Crippen molar-refractivity contribution in [2.24, 2.45) is 5.92 Å². The van der Waals surface area contributed by atoms with Crippen molar-refractivity contribution in [2.45, 2.75) is 23.3 Å². The van der Waals surface area contributed by atoms with Crippen LogP contribution in [0.3, 0.4) is 0 Å². The average molecular weight is 411 g/mol. The van der Waals surface area contributed by atoms with Crippen LogP contribution in [0.25, 0.3) is 0 Å². The second-order valence-electron chi connectivity index (χ2n) is 7.21. The Labute approximate surface area is 169 Å². The third-order valence-corrected chi connectivity index (χ3v) is 6.95. The van der Waals surface area contributed by atoms with Gasteiger partial charge in [-0.05, 0) is 41.7 Å². The van der Waals surface area contributed by atoms with Crippen LogP contribution in [-0.2, 0) is 10.0 Å². The summed E-state index contributed by atoms with van der Waals surface area (Å²) in [5.74, 6) is 0.295. The molecule has 0 radical (unpaired) electrons. The normalized spacial score (nSPS) is 22.4. The van der Waals surface area contributed by atoms with Crippen LogP contribution in [-0.4, -0.2) is 19.9 Å². The first kappa shape index (κ1) is 19.4. The quantitative estimate of drug-likeness (QED) is 0.427. The van der Waals surface area contributed by atoms with E-state index >= 15 is 0 Å². The van der Waals surface area contributed by atoms with Gasteiger partial charge in [0, 0.05) is 30.3 Å². The van der Waals surface area contributed by atoms with Gasteiger partial charge in [0.25, 0.3) is 5.69 Å². The van der Waals surface area contributed by atoms with Crippen molar-refractivity contribution in [1.29, 1.82) is 0 Å². The molecule has 150 valence electrons. The molecule has 2 aromatic carbocycles. The molecule has 0 fully saturated rings. The Bertz CT molecular complexity index is 1090. The summed E-state index contributed by atoms with van der Waals surface area (Å²) < 4.78 is 27.5. The number of hydrogen-bond acceptors (Lipinski definition) is 5. The Morgan fingerprint density at radius 1 is 1.24 bits per heavy atom. The topological polar surface area (TPSA) is 101 Å². The molecule has 29 heavy (non-hydrogen) atoms. The van der Waals surface area contributed by atoms with Crippen LogP contribution in [0.4, 0.5) is 11.4 Å². The molecule has 2 aliphatic rings. The summed E-state index contributed by atoms with van der Waals surface area (Å²) in [4.78, 5) is 10.8. The van der Waals surface area contributed by atoms with Gasteiger partial charge in [-0.25, -0.2) is 13.1 Å². The Hall–Kier alpha value is -2.97.